The maximum Gasteiger partial charge on any atom is 0.125 e. The largest absolute Gasteiger partial charge is 0.464 e. The molecular formula is C17H17NO. The van der Waals surface area contributed by atoms with E-state index in [0.717, 1.165) is 23.5 Å². The molecule has 0 bridgehead atoms. The highest BCUT2D eigenvalue weighted by atomic mass is 16.3. The highest BCUT2D eigenvalue weighted by Gasteiger charge is 2.15. The number of hydrogen-bond acceptors (Lipinski definition) is 2. The van der Waals surface area contributed by atoms with Crippen molar-refractivity contribution in [2.75, 3.05) is 0 Å². The van der Waals surface area contributed by atoms with E-state index in [0.29, 0.717) is 0 Å². The van der Waals surface area contributed by atoms with Gasteiger partial charge < -0.3 is 10.2 Å². The van der Waals surface area contributed by atoms with Crippen LogP contribution in [0.25, 0.3) is 10.8 Å². The van der Waals surface area contributed by atoms with E-state index in [1.165, 1.54) is 10.8 Å². The van der Waals surface area contributed by atoms with Gasteiger partial charge in [-0.25, -0.2) is 0 Å². The first kappa shape index (κ1) is 12.0. The first-order valence-electron chi connectivity index (χ1n) is 6.61. The van der Waals surface area contributed by atoms with E-state index < -0.39 is 0 Å². The summed E-state index contributed by atoms with van der Waals surface area (Å²) >= 11 is 0. The second kappa shape index (κ2) is 4.90. The summed E-state index contributed by atoms with van der Waals surface area (Å²) in [6.07, 6.45) is 0.891. The summed E-state index contributed by atoms with van der Waals surface area (Å²) < 4.78 is 5.77. The van der Waals surface area contributed by atoms with Crippen LogP contribution in [0.4, 0.5) is 0 Å². The Kier molecular flexibility index (Phi) is 3.10. The Labute approximate surface area is 112 Å². The molecule has 0 aliphatic heterocycles. The topological polar surface area (TPSA) is 39.2 Å². The van der Waals surface area contributed by atoms with Crippen LogP contribution in [-0.2, 0) is 6.42 Å². The van der Waals surface area contributed by atoms with Crippen molar-refractivity contribution in [3.8, 4) is 0 Å². The first-order chi connectivity index (χ1) is 9.29. The van der Waals surface area contributed by atoms with E-state index in [9.17, 15) is 0 Å². The maximum absolute atomic E-state index is 6.36. The fourth-order valence-electron chi connectivity index (χ4n) is 2.43. The molecule has 1 atom stereocenters. The van der Waals surface area contributed by atoms with Gasteiger partial charge in [-0.05, 0) is 28.5 Å². The Bertz CT molecular complexity index is 694. The second-order valence-electron chi connectivity index (χ2n) is 4.70. The van der Waals surface area contributed by atoms with Crippen molar-refractivity contribution in [1.82, 2.24) is 0 Å². The third-order valence-electron chi connectivity index (χ3n) is 3.50. The van der Waals surface area contributed by atoms with Gasteiger partial charge in [-0.1, -0.05) is 49.4 Å². The van der Waals surface area contributed by atoms with Gasteiger partial charge in [0.1, 0.15) is 11.5 Å². The molecule has 3 rings (SSSR count). The summed E-state index contributed by atoms with van der Waals surface area (Å²) in [6.45, 7) is 2.08. The van der Waals surface area contributed by atoms with E-state index in [2.05, 4.69) is 31.2 Å². The minimum absolute atomic E-state index is 0.216. The Morgan fingerprint density at radius 1 is 1.00 bits per heavy atom. The average Bonchev–Trinajstić information content (AvgIpc) is 2.95. The lowest BCUT2D eigenvalue weighted by Gasteiger charge is -2.12. The van der Waals surface area contributed by atoms with Gasteiger partial charge in [0.2, 0.25) is 0 Å². The summed E-state index contributed by atoms with van der Waals surface area (Å²) in [5, 5.41) is 2.39. The van der Waals surface area contributed by atoms with Crippen LogP contribution in [0.1, 0.15) is 30.0 Å². The quantitative estimate of drug-likeness (QED) is 0.763. The molecule has 2 aromatic carbocycles. The molecule has 0 saturated carbocycles. The first-order valence-corrected chi connectivity index (χ1v) is 6.61. The molecule has 0 aliphatic carbocycles. The molecule has 0 radical (unpaired) electrons. The Morgan fingerprint density at radius 2 is 1.79 bits per heavy atom. The van der Waals surface area contributed by atoms with Gasteiger partial charge in [0, 0.05) is 6.42 Å². The molecule has 0 spiro atoms. The number of rotatable bonds is 3. The maximum atomic E-state index is 6.36. The van der Waals surface area contributed by atoms with Crippen molar-refractivity contribution >= 4 is 10.8 Å². The van der Waals surface area contributed by atoms with E-state index in [1.807, 2.05) is 30.3 Å². The standard InChI is InChI=1S/C17H17NO/c1-2-13-10-11-16(19-13)17(18)15-9-5-7-12-6-3-4-8-14(12)15/h3-11,17H,2,18H2,1H3. The molecule has 1 heterocycles. The van der Waals surface area contributed by atoms with Crippen LogP contribution < -0.4 is 5.73 Å². The SMILES string of the molecule is CCc1ccc(C(N)c2cccc3ccccc23)o1. The third-order valence-corrected chi connectivity index (χ3v) is 3.50. The zero-order valence-electron chi connectivity index (χ0n) is 11.0. The summed E-state index contributed by atoms with van der Waals surface area (Å²) in [6, 6.07) is 18.3. The predicted molar refractivity (Wildman–Crippen MR) is 78.1 cm³/mol. The number of aryl methyl sites for hydroxylation is 1. The number of furan rings is 1. The van der Waals surface area contributed by atoms with Crippen molar-refractivity contribution in [3.63, 3.8) is 0 Å². The van der Waals surface area contributed by atoms with Gasteiger partial charge in [-0.3, -0.25) is 0 Å². The van der Waals surface area contributed by atoms with Gasteiger partial charge in [0.15, 0.2) is 0 Å². The van der Waals surface area contributed by atoms with Crippen LogP contribution in [0, 0.1) is 0 Å². The molecule has 2 nitrogen and oxygen atoms in total. The highest BCUT2D eigenvalue weighted by Crippen LogP contribution is 2.28. The second-order valence-corrected chi connectivity index (χ2v) is 4.70. The van der Waals surface area contributed by atoms with E-state index >= 15 is 0 Å². The van der Waals surface area contributed by atoms with Gasteiger partial charge in [0.25, 0.3) is 0 Å². The molecule has 1 unspecified atom stereocenters. The lowest BCUT2D eigenvalue weighted by atomic mass is 9.98. The van der Waals surface area contributed by atoms with Crippen LogP contribution in [0.5, 0.6) is 0 Å². The normalized spacial score (nSPS) is 12.7. The van der Waals surface area contributed by atoms with E-state index in [-0.39, 0.29) is 6.04 Å². The molecule has 19 heavy (non-hydrogen) atoms. The summed E-state index contributed by atoms with van der Waals surface area (Å²) in [4.78, 5) is 0. The molecule has 3 aromatic rings. The summed E-state index contributed by atoms with van der Waals surface area (Å²) in [7, 11) is 0. The van der Waals surface area contributed by atoms with Crippen molar-refractivity contribution in [3.05, 3.63) is 71.7 Å². The Balaban J connectivity index is 2.08. The highest BCUT2D eigenvalue weighted by molar-refractivity contribution is 5.86. The molecule has 0 aliphatic rings. The molecular weight excluding hydrogens is 234 g/mol. The number of fused-ring (bicyclic) bond motifs is 1. The van der Waals surface area contributed by atoms with Crippen molar-refractivity contribution in [2.24, 2.45) is 5.73 Å². The van der Waals surface area contributed by atoms with E-state index in [4.69, 9.17) is 10.2 Å². The zero-order chi connectivity index (χ0) is 13.2. The lowest BCUT2D eigenvalue weighted by Crippen LogP contribution is -2.11. The molecule has 0 saturated heterocycles. The Hall–Kier alpha value is -2.06. The van der Waals surface area contributed by atoms with Gasteiger partial charge in [-0.2, -0.15) is 0 Å². The van der Waals surface area contributed by atoms with Gasteiger partial charge in [-0.15, -0.1) is 0 Å². The van der Waals surface area contributed by atoms with Crippen molar-refractivity contribution in [1.29, 1.82) is 0 Å². The molecule has 96 valence electrons. The monoisotopic (exact) mass is 251 g/mol. The van der Waals surface area contributed by atoms with Crippen LogP contribution in [0.3, 0.4) is 0 Å². The fourth-order valence-corrected chi connectivity index (χ4v) is 2.43. The minimum Gasteiger partial charge on any atom is -0.464 e. The average molecular weight is 251 g/mol. The van der Waals surface area contributed by atoms with Crippen molar-refractivity contribution < 1.29 is 4.42 Å². The summed E-state index contributed by atoms with van der Waals surface area (Å²) in [5.74, 6) is 1.80. The zero-order valence-corrected chi connectivity index (χ0v) is 11.0. The lowest BCUT2D eigenvalue weighted by molar-refractivity contribution is 0.454. The Morgan fingerprint density at radius 3 is 2.58 bits per heavy atom. The molecule has 0 fully saturated rings. The van der Waals surface area contributed by atoms with Crippen molar-refractivity contribution in [2.45, 2.75) is 19.4 Å². The number of hydrogen-bond donors (Lipinski definition) is 1. The summed E-state index contributed by atoms with van der Waals surface area (Å²) in [5.41, 5.74) is 7.46. The fraction of sp³-hybridized carbons (Fsp3) is 0.176. The van der Waals surface area contributed by atoms with Crippen LogP contribution in [-0.4, -0.2) is 0 Å². The van der Waals surface area contributed by atoms with Crippen LogP contribution in [0.15, 0.2) is 59.0 Å². The van der Waals surface area contributed by atoms with Gasteiger partial charge >= 0.3 is 0 Å². The van der Waals surface area contributed by atoms with E-state index in [1.54, 1.807) is 0 Å². The molecule has 2 heteroatoms. The molecule has 1 aromatic heterocycles. The predicted octanol–water partition coefficient (Wildman–Crippen LogP) is 4.04. The number of benzene rings is 2. The smallest absolute Gasteiger partial charge is 0.125 e. The van der Waals surface area contributed by atoms with Crippen LogP contribution in [0.2, 0.25) is 0 Å². The number of nitrogens with two attached hydrogens (primary N) is 1. The molecule has 2 N–H and O–H groups in total. The third kappa shape index (κ3) is 2.15. The molecule has 0 amide bonds. The van der Waals surface area contributed by atoms with Gasteiger partial charge in [0.05, 0.1) is 6.04 Å². The van der Waals surface area contributed by atoms with Crippen LogP contribution >= 0.6 is 0 Å². The minimum atomic E-state index is -0.216.